The molecule has 4 heteroatoms. The summed E-state index contributed by atoms with van der Waals surface area (Å²) in [5.74, 6) is 0. The largest absolute Gasteiger partial charge is 0.335 e. The van der Waals surface area contributed by atoms with Crippen LogP contribution in [0.1, 0.15) is 50.5 Å². The Morgan fingerprint density at radius 3 is 2.68 bits per heavy atom. The summed E-state index contributed by atoms with van der Waals surface area (Å²) in [4.78, 5) is 14.5. The zero-order valence-electron chi connectivity index (χ0n) is 11.3. The zero-order chi connectivity index (χ0) is 13.1. The van der Waals surface area contributed by atoms with Crippen molar-refractivity contribution in [1.29, 1.82) is 0 Å². The third-order valence-electron chi connectivity index (χ3n) is 4.11. The highest BCUT2D eigenvalue weighted by molar-refractivity contribution is 7.07. The molecule has 2 aliphatic carbocycles. The summed E-state index contributed by atoms with van der Waals surface area (Å²) in [7, 11) is 0. The second-order valence-electron chi connectivity index (χ2n) is 5.78. The summed E-state index contributed by atoms with van der Waals surface area (Å²) in [6, 6.07) is 3.16. The highest BCUT2D eigenvalue weighted by Gasteiger charge is 2.33. The molecule has 1 aromatic heterocycles. The maximum absolute atomic E-state index is 12.4. The molecular weight excluding hydrogens is 256 g/mol. The standard InChI is InChI=1S/C15H22N2OS/c18-15(16-13-4-2-1-3-5-13)17(14-6-7-14)10-12-8-9-19-11-12/h8-9,11,13-14H,1-7,10H2,(H,16,18). The predicted molar refractivity (Wildman–Crippen MR) is 78.3 cm³/mol. The monoisotopic (exact) mass is 278 g/mol. The molecule has 1 N–H and O–H groups in total. The van der Waals surface area contributed by atoms with E-state index in [4.69, 9.17) is 0 Å². The van der Waals surface area contributed by atoms with Crippen LogP contribution < -0.4 is 5.32 Å². The normalized spacial score (nSPS) is 20.2. The molecule has 0 radical (unpaired) electrons. The molecule has 0 atom stereocenters. The van der Waals surface area contributed by atoms with Crippen LogP contribution in [-0.2, 0) is 6.54 Å². The molecule has 1 aromatic rings. The lowest BCUT2D eigenvalue weighted by Crippen LogP contribution is -2.46. The van der Waals surface area contributed by atoms with Crippen LogP contribution in [0.5, 0.6) is 0 Å². The number of hydrogen-bond acceptors (Lipinski definition) is 2. The molecule has 1 heterocycles. The summed E-state index contributed by atoms with van der Waals surface area (Å²) >= 11 is 1.70. The quantitative estimate of drug-likeness (QED) is 0.893. The van der Waals surface area contributed by atoms with Gasteiger partial charge in [-0.25, -0.2) is 4.79 Å². The van der Waals surface area contributed by atoms with E-state index < -0.39 is 0 Å². The number of nitrogens with one attached hydrogen (secondary N) is 1. The van der Waals surface area contributed by atoms with Crippen molar-refractivity contribution < 1.29 is 4.79 Å². The van der Waals surface area contributed by atoms with Crippen LogP contribution in [0.25, 0.3) is 0 Å². The Morgan fingerprint density at radius 1 is 1.26 bits per heavy atom. The van der Waals surface area contributed by atoms with Gasteiger partial charge in [0.25, 0.3) is 0 Å². The van der Waals surface area contributed by atoms with Crippen molar-refractivity contribution in [3.63, 3.8) is 0 Å². The van der Waals surface area contributed by atoms with E-state index >= 15 is 0 Å². The van der Waals surface area contributed by atoms with E-state index in [0.717, 1.165) is 19.4 Å². The average Bonchev–Trinajstić information content (AvgIpc) is 3.14. The summed E-state index contributed by atoms with van der Waals surface area (Å²) < 4.78 is 0. The van der Waals surface area contributed by atoms with Crippen molar-refractivity contribution in [3.05, 3.63) is 22.4 Å². The lowest BCUT2D eigenvalue weighted by atomic mass is 9.96. The van der Waals surface area contributed by atoms with E-state index in [9.17, 15) is 4.79 Å². The van der Waals surface area contributed by atoms with Crippen LogP contribution in [0, 0.1) is 0 Å². The molecule has 0 saturated heterocycles. The number of nitrogens with zero attached hydrogens (tertiary/aromatic N) is 1. The second kappa shape index (κ2) is 5.95. The van der Waals surface area contributed by atoms with Crippen LogP contribution in [0.15, 0.2) is 16.8 Å². The first-order valence-electron chi connectivity index (χ1n) is 7.41. The van der Waals surface area contributed by atoms with Gasteiger partial charge in [0.05, 0.1) is 0 Å². The molecule has 0 aromatic carbocycles. The second-order valence-corrected chi connectivity index (χ2v) is 6.56. The van der Waals surface area contributed by atoms with E-state index in [1.165, 1.54) is 37.7 Å². The summed E-state index contributed by atoms with van der Waals surface area (Å²) in [6.07, 6.45) is 8.50. The van der Waals surface area contributed by atoms with Gasteiger partial charge in [-0.1, -0.05) is 19.3 Å². The van der Waals surface area contributed by atoms with Gasteiger partial charge in [-0.2, -0.15) is 11.3 Å². The maximum atomic E-state index is 12.4. The van der Waals surface area contributed by atoms with Crippen LogP contribution in [-0.4, -0.2) is 23.0 Å². The number of carbonyl (C=O) groups is 1. The molecule has 104 valence electrons. The van der Waals surface area contributed by atoms with Gasteiger partial charge < -0.3 is 10.2 Å². The van der Waals surface area contributed by atoms with E-state index in [1.807, 2.05) is 4.90 Å². The number of thiophene rings is 1. The Balaban J connectivity index is 1.57. The lowest BCUT2D eigenvalue weighted by molar-refractivity contribution is 0.184. The van der Waals surface area contributed by atoms with Crippen LogP contribution in [0.3, 0.4) is 0 Å². The van der Waals surface area contributed by atoms with Gasteiger partial charge in [0, 0.05) is 18.6 Å². The SMILES string of the molecule is O=C(NC1CCCCC1)N(Cc1ccsc1)C1CC1. The fourth-order valence-corrected chi connectivity index (χ4v) is 3.50. The Morgan fingerprint density at radius 2 is 2.05 bits per heavy atom. The summed E-state index contributed by atoms with van der Waals surface area (Å²) in [5, 5.41) is 7.47. The average molecular weight is 278 g/mol. The van der Waals surface area contributed by atoms with Crippen molar-refractivity contribution in [2.24, 2.45) is 0 Å². The third-order valence-corrected chi connectivity index (χ3v) is 4.85. The smallest absolute Gasteiger partial charge is 0.318 e. The minimum atomic E-state index is 0.153. The molecule has 0 bridgehead atoms. The van der Waals surface area contributed by atoms with Gasteiger partial charge in [-0.15, -0.1) is 0 Å². The summed E-state index contributed by atoms with van der Waals surface area (Å²) in [5.41, 5.74) is 1.26. The minimum Gasteiger partial charge on any atom is -0.335 e. The minimum absolute atomic E-state index is 0.153. The maximum Gasteiger partial charge on any atom is 0.318 e. The van der Waals surface area contributed by atoms with Gasteiger partial charge >= 0.3 is 6.03 Å². The van der Waals surface area contributed by atoms with E-state index in [0.29, 0.717) is 12.1 Å². The van der Waals surface area contributed by atoms with Crippen molar-refractivity contribution >= 4 is 17.4 Å². The van der Waals surface area contributed by atoms with Gasteiger partial charge in [-0.3, -0.25) is 0 Å². The van der Waals surface area contributed by atoms with Crippen molar-refractivity contribution in [2.45, 2.75) is 63.6 Å². The molecule has 0 aliphatic heterocycles. The first kappa shape index (κ1) is 13.0. The highest BCUT2D eigenvalue weighted by Crippen LogP contribution is 2.29. The molecule has 0 spiro atoms. The lowest BCUT2D eigenvalue weighted by Gasteiger charge is -2.28. The topological polar surface area (TPSA) is 32.3 Å². The van der Waals surface area contributed by atoms with E-state index in [2.05, 4.69) is 22.1 Å². The molecule has 19 heavy (non-hydrogen) atoms. The van der Waals surface area contributed by atoms with Crippen LogP contribution in [0.4, 0.5) is 4.79 Å². The van der Waals surface area contributed by atoms with Gasteiger partial charge in [-0.05, 0) is 48.1 Å². The fraction of sp³-hybridized carbons (Fsp3) is 0.667. The number of amides is 2. The Hall–Kier alpha value is -1.03. The van der Waals surface area contributed by atoms with Crippen molar-refractivity contribution in [2.75, 3.05) is 0 Å². The molecule has 2 fully saturated rings. The fourth-order valence-electron chi connectivity index (χ4n) is 2.84. The molecule has 3 rings (SSSR count). The number of hydrogen-bond donors (Lipinski definition) is 1. The van der Waals surface area contributed by atoms with E-state index in [-0.39, 0.29) is 6.03 Å². The van der Waals surface area contributed by atoms with Gasteiger partial charge in [0.15, 0.2) is 0 Å². The molecule has 2 saturated carbocycles. The summed E-state index contributed by atoms with van der Waals surface area (Å²) in [6.45, 7) is 0.771. The van der Waals surface area contributed by atoms with Gasteiger partial charge in [0.2, 0.25) is 0 Å². The molecular formula is C15H22N2OS. The Labute approximate surface area is 119 Å². The van der Waals surface area contributed by atoms with E-state index in [1.54, 1.807) is 11.3 Å². The number of rotatable bonds is 4. The third kappa shape index (κ3) is 3.50. The van der Waals surface area contributed by atoms with Gasteiger partial charge in [0.1, 0.15) is 0 Å². The van der Waals surface area contributed by atoms with Crippen molar-refractivity contribution in [1.82, 2.24) is 10.2 Å². The molecule has 0 unspecified atom stereocenters. The predicted octanol–water partition coefficient (Wildman–Crippen LogP) is 3.75. The first-order valence-corrected chi connectivity index (χ1v) is 8.35. The number of urea groups is 1. The Kier molecular flexibility index (Phi) is 4.06. The van der Waals surface area contributed by atoms with Crippen LogP contribution in [0.2, 0.25) is 0 Å². The van der Waals surface area contributed by atoms with Crippen molar-refractivity contribution in [3.8, 4) is 0 Å². The molecule has 2 aliphatic rings. The molecule has 3 nitrogen and oxygen atoms in total. The Bertz CT molecular complexity index is 408. The first-order chi connectivity index (χ1) is 9.33. The molecule has 2 amide bonds. The zero-order valence-corrected chi connectivity index (χ0v) is 12.1. The number of carbonyl (C=O) groups excluding carboxylic acids is 1. The highest BCUT2D eigenvalue weighted by atomic mass is 32.1. The van der Waals surface area contributed by atoms with Crippen LogP contribution >= 0.6 is 11.3 Å².